The molecule has 1 aromatic carbocycles. The Hall–Kier alpha value is -2.60. The van der Waals surface area contributed by atoms with Gasteiger partial charge in [-0.1, -0.05) is 12.1 Å². The summed E-state index contributed by atoms with van der Waals surface area (Å²) in [5.41, 5.74) is 10.8. The number of nitrogens with two attached hydrogens (primary N) is 1. The van der Waals surface area contributed by atoms with Gasteiger partial charge in [-0.3, -0.25) is 0 Å². The molecule has 0 unspecified atom stereocenters. The molecule has 22 heavy (non-hydrogen) atoms. The molecule has 1 fully saturated rings. The minimum atomic E-state index is 0.652. The second-order valence-corrected chi connectivity index (χ2v) is 5.32. The van der Waals surface area contributed by atoms with Crippen molar-refractivity contribution in [2.45, 2.75) is 0 Å². The van der Waals surface area contributed by atoms with Gasteiger partial charge in [0.05, 0.1) is 18.9 Å². The molecule has 2 aromatic heterocycles. The third kappa shape index (κ3) is 2.17. The Morgan fingerprint density at radius 3 is 2.59 bits per heavy atom. The quantitative estimate of drug-likeness (QED) is 0.781. The summed E-state index contributed by atoms with van der Waals surface area (Å²) in [7, 11) is 0. The Labute approximate surface area is 128 Å². The van der Waals surface area contributed by atoms with Crippen molar-refractivity contribution >= 4 is 17.0 Å². The standard InChI is InChI=1S/C16H17N5O/c17-15-14(5-6-21-16(15)18-11-19-21)12-1-3-13(4-2-12)20-7-9-22-10-8-20/h1-6,11H,7-10,17H2. The molecular weight excluding hydrogens is 278 g/mol. The number of aromatic nitrogens is 3. The summed E-state index contributed by atoms with van der Waals surface area (Å²) in [6.45, 7) is 3.46. The van der Waals surface area contributed by atoms with Gasteiger partial charge in [0.15, 0.2) is 5.65 Å². The number of hydrogen-bond donors (Lipinski definition) is 1. The fourth-order valence-electron chi connectivity index (χ4n) is 2.83. The van der Waals surface area contributed by atoms with Crippen LogP contribution in [0.1, 0.15) is 0 Å². The number of nitrogens with zero attached hydrogens (tertiary/aromatic N) is 4. The van der Waals surface area contributed by atoms with Gasteiger partial charge in [0.25, 0.3) is 0 Å². The molecule has 0 amide bonds. The molecule has 0 bridgehead atoms. The predicted octanol–water partition coefficient (Wildman–Crippen LogP) is 1.82. The maximum atomic E-state index is 6.23. The number of hydrogen-bond acceptors (Lipinski definition) is 5. The normalized spacial score (nSPS) is 15.4. The molecule has 2 N–H and O–H groups in total. The molecule has 6 heteroatoms. The topological polar surface area (TPSA) is 68.7 Å². The Balaban J connectivity index is 1.68. The molecule has 1 saturated heterocycles. The van der Waals surface area contributed by atoms with Gasteiger partial charge in [-0.2, -0.15) is 5.10 Å². The Kier molecular flexibility index (Phi) is 3.16. The smallest absolute Gasteiger partial charge is 0.178 e. The van der Waals surface area contributed by atoms with Gasteiger partial charge in [0.1, 0.15) is 6.33 Å². The molecule has 3 heterocycles. The Bertz CT molecular complexity index is 790. The first-order valence-electron chi connectivity index (χ1n) is 7.34. The zero-order chi connectivity index (χ0) is 14.9. The van der Waals surface area contributed by atoms with Crippen LogP contribution in [0.4, 0.5) is 11.4 Å². The fraction of sp³-hybridized carbons (Fsp3) is 0.250. The number of anilines is 2. The molecule has 1 aliphatic rings. The summed E-state index contributed by atoms with van der Waals surface area (Å²) in [5.74, 6) is 0. The maximum absolute atomic E-state index is 6.23. The number of pyridine rings is 1. The van der Waals surface area contributed by atoms with Crippen molar-refractivity contribution < 1.29 is 4.74 Å². The van der Waals surface area contributed by atoms with Crippen LogP contribution in [0.3, 0.4) is 0 Å². The first-order valence-corrected chi connectivity index (χ1v) is 7.34. The zero-order valence-electron chi connectivity index (χ0n) is 12.1. The summed E-state index contributed by atoms with van der Waals surface area (Å²) in [5, 5.41) is 4.10. The van der Waals surface area contributed by atoms with Gasteiger partial charge in [-0.25, -0.2) is 9.50 Å². The summed E-state index contributed by atoms with van der Waals surface area (Å²) in [6.07, 6.45) is 3.39. The largest absolute Gasteiger partial charge is 0.395 e. The van der Waals surface area contributed by atoms with E-state index in [1.54, 1.807) is 4.52 Å². The summed E-state index contributed by atoms with van der Waals surface area (Å²) < 4.78 is 7.07. The molecule has 0 saturated carbocycles. The van der Waals surface area contributed by atoms with E-state index >= 15 is 0 Å². The number of rotatable bonds is 2. The number of nitrogen functional groups attached to an aromatic ring is 1. The molecule has 3 aromatic rings. The summed E-state index contributed by atoms with van der Waals surface area (Å²) >= 11 is 0. The van der Waals surface area contributed by atoms with Gasteiger partial charge >= 0.3 is 0 Å². The minimum absolute atomic E-state index is 0.652. The average Bonchev–Trinajstić information content (AvgIpc) is 3.06. The van der Waals surface area contributed by atoms with E-state index in [1.165, 1.54) is 12.0 Å². The highest BCUT2D eigenvalue weighted by atomic mass is 16.5. The van der Waals surface area contributed by atoms with Crippen LogP contribution in [-0.4, -0.2) is 40.9 Å². The third-order valence-corrected chi connectivity index (χ3v) is 4.04. The van der Waals surface area contributed by atoms with E-state index in [4.69, 9.17) is 10.5 Å². The van der Waals surface area contributed by atoms with Crippen molar-refractivity contribution in [2.24, 2.45) is 0 Å². The SMILES string of the molecule is Nc1c(-c2ccc(N3CCOCC3)cc2)ccn2ncnc12. The van der Waals surface area contributed by atoms with Crippen molar-refractivity contribution in [3.63, 3.8) is 0 Å². The van der Waals surface area contributed by atoms with E-state index in [0.29, 0.717) is 11.3 Å². The number of morpholine rings is 1. The van der Waals surface area contributed by atoms with Crippen LogP contribution in [0, 0.1) is 0 Å². The number of ether oxygens (including phenoxy) is 1. The second kappa shape index (κ2) is 5.31. The lowest BCUT2D eigenvalue weighted by Crippen LogP contribution is -2.36. The van der Waals surface area contributed by atoms with Crippen molar-refractivity contribution in [2.75, 3.05) is 36.9 Å². The Morgan fingerprint density at radius 2 is 1.82 bits per heavy atom. The molecule has 6 nitrogen and oxygen atoms in total. The van der Waals surface area contributed by atoms with E-state index in [0.717, 1.165) is 37.4 Å². The van der Waals surface area contributed by atoms with Crippen molar-refractivity contribution in [3.05, 3.63) is 42.9 Å². The van der Waals surface area contributed by atoms with Gasteiger partial charge in [0, 0.05) is 30.5 Å². The molecule has 0 aliphatic carbocycles. The first-order chi connectivity index (χ1) is 10.8. The first kappa shape index (κ1) is 13.1. The van der Waals surface area contributed by atoms with Crippen LogP contribution < -0.4 is 10.6 Å². The highest BCUT2D eigenvalue weighted by Gasteiger charge is 2.12. The van der Waals surface area contributed by atoms with Crippen molar-refractivity contribution in [1.82, 2.24) is 14.6 Å². The van der Waals surface area contributed by atoms with E-state index in [2.05, 4.69) is 39.2 Å². The summed E-state index contributed by atoms with van der Waals surface area (Å²) in [6, 6.07) is 10.4. The molecule has 1 aliphatic heterocycles. The average molecular weight is 295 g/mol. The van der Waals surface area contributed by atoms with Gasteiger partial charge in [0.2, 0.25) is 0 Å². The minimum Gasteiger partial charge on any atom is -0.395 e. The highest BCUT2D eigenvalue weighted by molar-refractivity contribution is 5.85. The van der Waals surface area contributed by atoms with Crippen molar-refractivity contribution in [3.8, 4) is 11.1 Å². The monoisotopic (exact) mass is 295 g/mol. The Morgan fingerprint density at radius 1 is 1.05 bits per heavy atom. The molecule has 0 atom stereocenters. The van der Waals surface area contributed by atoms with Crippen LogP contribution in [0.25, 0.3) is 16.8 Å². The maximum Gasteiger partial charge on any atom is 0.178 e. The molecule has 0 radical (unpaired) electrons. The zero-order valence-corrected chi connectivity index (χ0v) is 12.1. The van der Waals surface area contributed by atoms with E-state index in [9.17, 15) is 0 Å². The second-order valence-electron chi connectivity index (χ2n) is 5.32. The highest BCUT2D eigenvalue weighted by Crippen LogP contribution is 2.29. The van der Waals surface area contributed by atoms with Gasteiger partial charge in [-0.05, 0) is 23.8 Å². The third-order valence-electron chi connectivity index (χ3n) is 4.04. The molecule has 112 valence electrons. The number of fused-ring (bicyclic) bond motifs is 1. The lowest BCUT2D eigenvalue weighted by atomic mass is 10.0. The molecule has 4 rings (SSSR count). The van der Waals surface area contributed by atoms with Crippen LogP contribution in [0.5, 0.6) is 0 Å². The van der Waals surface area contributed by atoms with Crippen LogP contribution in [0.15, 0.2) is 42.9 Å². The van der Waals surface area contributed by atoms with Crippen LogP contribution >= 0.6 is 0 Å². The fourth-order valence-corrected chi connectivity index (χ4v) is 2.83. The van der Waals surface area contributed by atoms with Gasteiger partial charge < -0.3 is 15.4 Å². The molecular formula is C16H17N5O. The number of benzene rings is 1. The predicted molar refractivity (Wildman–Crippen MR) is 85.9 cm³/mol. The van der Waals surface area contributed by atoms with E-state index < -0.39 is 0 Å². The van der Waals surface area contributed by atoms with Crippen LogP contribution in [0.2, 0.25) is 0 Å². The van der Waals surface area contributed by atoms with E-state index in [1.807, 2.05) is 12.3 Å². The molecule has 0 spiro atoms. The van der Waals surface area contributed by atoms with E-state index in [-0.39, 0.29) is 0 Å². The van der Waals surface area contributed by atoms with Crippen LogP contribution in [-0.2, 0) is 4.74 Å². The lowest BCUT2D eigenvalue weighted by Gasteiger charge is -2.29. The summed E-state index contributed by atoms with van der Waals surface area (Å²) in [4.78, 5) is 6.53. The van der Waals surface area contributed by atoms with Crippen molar-refractivity contribution in [1.29, 1.82) is 0 Å². The van der Waals surface area contributed by atoms with Gasteiger partial charge in [-0.15, -0.1) is 0 Å². The lowest BCUT2D eigenvalue weighted by molar-refractivity contribution is 0.122.